The predicted molar refractivity (Wildman–Crippen MR) is 159 cm³/mol. The first kappa shape index (κ1) is 32.1. The Hall–Kier alpha value is -3.37. The monoisotopic (exact) mass is 584 g/mol. The van der Waals surface area contributed by atoms with E-state index < -0.39 is 37.9 Å². The van der Waals surface area contributed by atoms with Gasteiger partial charge in [-0.3, -0.25) is 9.69 Å². The minimum absolute atomic E-state index is 0.00114. The second kappa shape index (κ2) is 12.2. The molecule has 1 aliphatic rings. The topological polar surface area (TPSA) is 114 Å². The Kier molecular flexibility index (Phi) is 9.60. The quantitative estimate of drug-likeness (QED) is 0.228. The van der Waals surface area contributed by atoms with E-state index in [1.54, 1.807) is 45.0 Å². The zero-order valence-electron chi connectivity index (χ0n) is 25.4. The first-order chi connectivity index (χ1) is 18.9. The molecule has 1 saturated heterocycles. The highest BCUT2D eigenvalue weighted by atomic mass is 28.4. The molecule has 0 bridgehead atoms. The highest BCUT2D eigenvalue weighted by Crippen LogP contribution is 2.43. The van der Waals surface area contributed by atoms with Crippen molar-refractivity contribution in [2.24, 2.45) is 0 Å². The lowest BCUT2D eigenvalue weighted by molar-refractivity contribution is -0.166. The van der Waals surface area contributed by atoms with E-state index in [2.05, 4.69) is 39.2 Å². The number of carbonyl (C=O) groups excluding carboxylic acids is 3. The molecule has 9 nitrogen and oxygen atoms in total. The Labute approximate surface area is 244 Å². The summed E-state index contributed by atoms with van der Waals surface area (Å²) in [5, 5.41) is 12.5. The average molecular weight is 585 g/mol. The Morgan fingerprint density at radius 3 is 2.12 bits per heavy atom. The Morgan fingerprint density at radius 1 is 0.951 bits per heavy atom. The maximum Gasteiger partial charge on any atom is 0.411 e. The number of phenolic OH excluding ortho intramolecular Hbond substituents is 1. The van der Waals surface area contributed by atoms with E-state index in [9.17, 15) is 19.5 Å². The zero-order chi connectivity index (χ0) is 30.6. The summed E-state index contributed by atoms with van der Waals surface area (Å²) in [5.41, 5.74) is -0.0748. The van der Waals surface area contributed by atoms with Gasteiger partial charge in [-0.2, -0.15) is 0 Å². The fraction of sp³-hybridized carbons (Fsp3) is 0.516. The summed E-state index contributed by atoms with van der Waals surface area (Å²) in [5.74, 6) is -2.41. The van der Waals surface area contributed by atoms with Crippen molar-refractivity contribution in [2.45, 2.75) is 96.5 Å². The van der Waals surface area contributed by atoms with Gasteiger partial charge in [0.2, 0.25) is 5.79 Å². The van der Waals surface area contributed by atoms with Crippen LogP contribution in [-0.4, -0.2) is 60.4 Å². The molecule has 2 N–H and O–H groups in total. The number of nitrogens with one attached hydrogen (secondary N) is 1. The summed E-state index contributed by atoms with van der Waals surface area (Å²) >= 11 is 0. The van der Waals surface area contributed by atoms with Crippen molar-refractivity contribution in [3.05, 3.63) is 65.7 Å². The number of benzene rings is 2. The Balaban J connectivity index is 2.05. The number of hydrogen-bond donors (Lipinski definition) is 2. The molecule has 0 aromatic heterocycles. The van der Waals surface area contributed by atoms with Gasteiger partial charge >= 0.3 is 12.1 Å². The van der Waals surface area contributed by atoms with Crippen LogP contribution < -0.4 is 5.32 Å². The number of likely N-dealkylation sites (tertiary alicyclic amines) is 1. The van der Waals surface area contributed by atoms with Crippen LogP contribution in [0, 0.1) is 0 Å². The fourth-order valence-corrected chi connectivity index (χ4v) is 5.79. The molecule has 0 aliphatic carbocycles. The van der Waals surface area contributed by atoms with E-state index in [0.717, 1.165) is 0 Å². The summed E-state index contributed by atoms with van der Waals surface area (Å²) < 4.78 is 18.8. The molecule has 2 atom stereocenters. The molecule has 2 aromatic rings. The number of ether oxygens (including phenoxy) is 2. The van der Waals surface area contributed by atoms with Crippen molar-refractivity contribution in [1.29, 1.82) is 0 Å². The van der Waals surface area contributed by atoms with Crippen molar-refractivity contribution in [1.82, 2.24) is 10.2 Å². The maximum absolute atomic E-state index is 13.5. The number of rotatable bonds is 6. The number of aromatic hydroxyl groups is 1. The first-order valence-electron chi connectivity index (χ1n) is 14.0. The molecule has 2 unspecified atom stereocenters. The van der Waals surface area contributed by atoms with E-state index in [1.165, 1.54) is 29.2 Å². The molecule has 0 radical (unpaired) electrons. The fourth-order valence-electron chi connectivity index (χ4n) is 4.32. The molecule has 2 aromatic carbocycles. The van der Waals surface area contributed by atoms with Crippen molar-refractivity contribution >= 4 is 26.3 Å². The SMILES string of the molecule is CC(C)(C)OC(=O)N1CCCC(OC(=O)c2ccc(O)cc2)(O[Si](C)(C)C(C)(C)C)CC1NC(=O)c1ccccc1. The lowest BCUT2D eigenvalue weighted by atomic mass is 10.1. The number of carbonyl (C=O) groups is 3. The van der Waals surface area contributed by atoms with E-state index in [-0.39, 0.29) is 35.2 Å². The molecule has 1 aliphatic heterocycles. The normalized spacial score (nSPS) is 20.1. The van der Waals surface area contributed by atoms with Crippen LogP contribution in [0.2, 0.25) is 18.1 Å². The molecule has 0 saturated carbocycles. The van der Waals surface area contributed by atoms with Crippen LogP contribution in [0.4, 0.5) is 4.79 Å². The molecular weight excluding hydrogens is 540 g/mol. The van der Waals surface area contributed by atoms with Crippen molar-refractivity contribution in [2.75, 3.05) is 6.54 Å². The lowest BCUT2D eigenvalue weighted by Crippen LogP contribution is -2.57. The van der Waals surface area contributed by atoms with E-state index in [1.807, 2.05) is 6.07 Å². The van der Waals surface area contributed by atoms with Gasteiger partial charge in [-0.25, -0.2) is 9.59 Å². The van der Waals surface area contributed by atoms with Crippen LogP contribution >= 0.6 is 0 Å². The molecule has 0 spiro atoms. The molecule has 224 valence electrons. The third kappa shape index (κ3) is 8.56. The third-order valence-corrected chi connectivity index (χ3v) is 11.9. The second-order valence-electron chi connectivity index (χ2n) is 13.0. The average Bonchev–Trinajstić information content (AvgIpc) is 3.02. The van der Waals surface area contributed by atoms with Gasteiger partial charge in [-0.15, -0.1) is 0 Å². The minimum Gasteiger partial charge on any atom is -0.508 e. The highest BCUT2D eigenvalue weighted by Gasteiger charge is 2.51. The van der Waals surface area contributed by atoms with Crippen LogP contribution in [0.15, 0.2) is 54.6 Å². The van der Waals surface area contributed by atoms with Crippen LogP contribution in [0.25, 0.3) is 0 Å². The predicted octanol–water partition coefficient (Wildman–Crippen LogP) is 6.44. The van der Waals surface area contributed by atoms with E-state index >= 15 is 0 Å². The number of nitrogens with zero attached hydrogens (tertiary/aromatic N) is 1. The first-order valence-corrected chi connectivity index (χ1v) is 16.9. The molecule has 41 heavy (non-hydrogen) atoms. The van der Waals surface area contributed by atoms with Gasteiger partial charge in [0.1, 0.15) is 17.5 Å². The van der Waals surface area contributed by atoms with Crippen molar-refractivity contribution in [3.63, 3.8) is 0 Å². The second-order valence-corrected chi connectivity index (χ2v) is 17.8. The number of amides is 2. The summed E-state index contributed by atoms with van der Waals surface area (Å²) in [6.45, 7) is 16.0. The van der Waals surface area contributed by atoms with Crippen molar-refractivity contribution < 1.29 is 33.4 Å². The zero-order valence-corrected chi connectivity index (χ0v) is 26.4. The van der Waals surface area contributed by atoms with Crippen LogP contribution in [0.5, 0.6) is 5.75 Å². The largest absolute Gasteiger partial charge is 0.508 e. The summed E-state index contributed by atoms with van der Waals surface area (Å²) in [6.07, 6.45) is -0.725. The summed E-state index contributed by atoms with van der Waals surface area (Å²) in [6, 6.07) is 14.5. The smallest absolute Gasteiger partial charge is 0.411 e. The van der Waals surface area contributed by atoms with Gasteiger partial charge in [0.15, 0.2) is 8.32 Å². The van der Waals surface area contributed by atoms with E-state index in [0.29, 0.717) is 18.4 Å². The minimum atomic E-state index is -2.55. The molecular formula is C31H44N2O7Si. The van der Waals surface area contributed by atoms with Gasteiger partial charge in [-0.05, 0) is 81.7 Å². The van der Waals surface area contributed by atoms with Crippen LogP contribution in [0.1, 0.15) is 81.5 Å². The van der Waals surface area contributed by atoms with Gasteiger partial charge in [0.25, 0.3) is 5.91 Å². The number of phenols is 1. The summed E-state index contributed by atoms with van der Waals surface area (Å²) in [4.78, 5) is 41.7. The third-order valence-electron chi connectivity index (χ3n) is 7.43. The van der Waals surface area contributed by atoms with Gasteiger partial charge in [0.05, 0.1) is 12.0 Å². The Morgan fingerprint density at radius 2 is 1.56 bits per heavy atom. The highest BCUT2D eigenvalue weighted by molar-refractivity contribution is 6.74. The standard InChI is InChI=1S/C31H44N2O7Si/c1-29(2,3)39-28(37)33-20-12-19-31(40-41(7,8)30(4,5)6,38-27(36)23-15-17-24(34)18-16-23)21-25(33)32-26(35)22-13-10-9-11-14-22/h9-11,13-18,25,34H,12,19-21H2,1-8H3,(H,32,35). The van der Waals surface area contributed by atoms with Crippen LogP contribution in [-0.2, 0) is 13.9 Å². The van der Waals surface area contributed by atoms with Gasteiger partial charge < -0.3 is 24.3 Å². The van der Waals surface area contributed by atoms with E-state index in [4.69, 9.17) is 13.9 Å². The summed E-state index contributed by atoms with van der Waals surface area (Å²) in [7, 11) is -2.55. The lowest BCUT2D eigenvalue weighted by Gasteiger charge is -2.45. The Bertz CT molecular complexity index is 1220. The molecule has 1 heterocycles. The molecule has 10 heteroatoms. The number of hydrogen-bond acceptors (Lipinski definition) is 7. The molecule has 2 amide bonds. The maximum atomic E-state index is 13.5. The van der Waals surface area contributed by atoms with Crippen LogP contribution in [0.3, 0.4) is 0 Å². The molecule has 3 rings (SSSR count). The van der Waals surface area contributed by atoms with Crippen molar-refractivity contribution in [3.8, 4) is 5.75 Å². The number of esters is 1. The van der Waals surface area contributed by atoms with Gasteiger partial charge in [0, 0.05) is 18.5 Å². The molecule has 1 fully saturated rings. The van der Waals surface area contributed by atoms with Gasteiger partial charge in [-0.1, -0.05) is 39.0 Å².